The van der Waals surface area contributed by atoms with Crippen LogP contribution in [0.4, 0.5) is 0 Å². The minimum absolute atomic E-state index is 0.552. The minimum atomic E-state index is 0.552. The second-order valence-electron chi connectivity index (χ2n) is 3.63. The summed E-state index contributed by atoms with van der Waals surface area (Å²) in [5.41, 5.74) is 0.552. The van der Waals surface area contributed by atoms with Gasteiger partial charge in [-0.2, -0.15) is 10.4 Å². The first-order valence-corrected chi connectivity index (χ1v) is 5.18. The Kier molecular flexibility index (Phi) is 2.09. The topological polar surface area (TPSA) is 54.5 Å². The third-order valence-corrected chi connectivity index (χ3v) is 2.64. The van der Waals surface area contributed by atoms with Crippen LogP contribution < -0.4 is 0 Å². The van der Waals surface area contributed by atoms with E-state index in [2.05, 4.69) is 16.3 Å². The summed E-state index contributed by atoms with van der Waals surface area (Å²) in [6, 6.07) is 13.6. The van der Waals surface area contributed by atoms with Gasteiger partial charge in [0.05, 0.1) is 6.20 Å². The van der Waals surface area contributed by atoms with Crippen molar-refractivity contribution in [3.8, 4) is 11.9 Å². The normalized spacial score (nSPS) is 10.3. The van der Waals surface area contributed by atoms with Gasteiger partial charge in [-0.3, -0.25) is 4.57 Å². The number of aromatic nitrogens is 3. The summed E-state index contributed by atoms with van der Waals surface area (Å²) in [6.07, 6.45) is 3.53. The molecule has 0 aliphatic rings. The maximum Gasteiger partial charge on any atom is 0.168 e. The highest BCUT2D eigenvalue weighted by Gasteiger charge is 2.08. The van der Waals surface area contributed by atoms with E-state index in [9.17, 15) is 0 Å². The molecule has 0 unspecified atom stereocenters. The molecule has 0 aliphatic heterocycles. The van der Waals surface area contributed by atoms with Crippen LogP contribution in [-0.2, 0) is 0 Å². The monoisotopic (exact) mass is 220 g/mol. The molecule has 0 fully saturated rings. The van der Waals surface area contributed by atoms with Gasteiger partial charge in [0, 0.05) is 17.0 Å². The van der Waals surface area contributed by atoms with Gasteiger partial charge in [0.1, 0.15) is 11.8 Å². The molecule has 0 spiro atoms. The predicted octanol–water partition coefficient (Wildman–Crippen LogP) is 2.29. The number of hydrogen-bond acceptors (Lipinski definition) is 3. The summed E-state index contributed by atoms with van der Waals surface area (Å²) < 4.78 is 1.75. The highest BCUT2D eigenvalue weighted by atomic mass is 15.2. The van der Waals surface area contributed by atoms with E-state index >= 15 is 0 Å². The van der Waals surface area contributed by atoms with Gasteiger partial charge in [-0.25, -0.2) is 0 Å². The SMILES string of the molecule is N#Cc1cccn1-c1nncc2ccccc12. The third-order valence-electron chi connectivity index (χ3n) is 2.64. The van der Waals surface area contributed by atoms with Crippen LogP contribution in [0.5, 0.6) is 0 Å². The maximum atomic E-state index is 9.02. The van der Waals surface area contributed by atoms with E-state index in [0.717, 1.165) is 10.8 Å². The number of benzene rings is 1. The summed E-state index contributed by atoms with van der Waals surface area (Å²) in [5.74, 6) is 0.685. The zero-order chi connectivity index (χ0) is 11.7. The lowest BCUT2D eigenvalue weighted by Crippen LogP contribution is -2.01. The molecule has 0 amide bonds. The second-order valence-corrected chi connectivity index (χ2v) is 3.63. The molecule has 17 heavy (non-hydrogen) atoms. The van der Waals surface area contributed by atoms with Gasteiger partial charge in [-0.15, -0.1) is 5.10 Å². The lowest BCUT2D eigenvalue weighted by molar-refractivity contribution is 0.927. The highest BCUT2D eigenvalue weighted by molar-refractivity contribution is 5.87. The Morgan fingerprint density at radius 3 is 2.88 bits per heavy atom. The van der Waals surface area contributed by atoms with Crippen molar-refractivity contribution in [3.05, 3.63) is 54.5 Å². The van der Waals surface area contributed by atoms with Crippen LogP contribution in [0.3, 0.4) is 0 Å². The minimum Gasteiger partial charge on any atom is -0.291 e. The Balaban J connectivity index is 2.35. The van der Waals surface area contributed by atoms with Crippen LogP contribution in [0.2, 0.25) is 0 Å². The van der Waals surface area contributed by atoms with Crippen LogP contribution in [0, 0.1) is 11.3 Å². The zero-order valence-electron chi connectivity index (χ0n) is 8.91. The van der Waals surface area contributed by atoms with Crippen molar-refractivity contribution in [2.45, 2.75) is 0 Å². The molecular weight excluding hydrogens is 212 g/mol. The van der Waals surface area contributed by atoms with Crippen LogP contribution in [0.25, 0.3) is 16.6 Å². The molecule has 0 atom stereocenters. The Labute approximate surface area is 97.8 Å². The summed E-state index contributed by atoms with van der Waals surface area (Å²) in [5, 5.41) is 19.1. The highest BCUT2D eigenvalue weighted by Crippen LogP contribution is 2.20. The van der Waals surface area contributed by atoms with E-state index in [0.29, 0.717) is 11.5 Å². The van der Waals surface area contributed by atoms with Crippen molar-refractivity contribution in [2.24, 2.45) is 0 Å². The number of nitrogens with zero attached hydrogens (tertiary/aromatic N) is 4. The largest absolute Gasteiger partial charge is 0.291 e. The number of nitriles is 1. The molecule has 0 N–H and O–H groups in total. The number of rotatable bonds is 1. The standard InChI is InChI=1S/C13H8N4/c14-8-11-5-3-7-17(11)13-12-6-2-1-4-10(12)9-15-16-13/h1-7,9H. The molecule has 0 saturated carbocycles. The molecule has 0 radical (unpaired) electrons. The van der Waals surface area contributed by atoms with E-state index < -0.39 is 0 Å². The summed E-state index contributed by atoms with van der Waals surface area (Å²) >= 11 is 0. The molecule has 3 rings (SSSR count). The summed E-state index contributed by atoms with van der Waals surface area (Å²) in [6.45, 7) is 0. The van der Waals surface area contributed by atoms with Crippen molar-refractivity contribution in [1.82, 2.24) is 14.8 Å². The first-order chi connectivity index (χ1) is 8.40. The van der Waals surface area contributed by atoms with Gasteiger partial charge in [0.15, 0.2) is 5.82 Å². The van der Waals surface area contributed by atoms with Crippen molar-refractivity contribution >= 4 is 10.8 Å². The molecule has 2 aromatic heterocycles. The smallest absolute Gasteiger partial charge is 0.168 e. The van der Waals surface area contributed by atoms with E-state index in [-0.39, 0.29) is 0 Å². The fourth-order valence-corrected chi connectivity index (χ4v) is 1.85. The Bertz CT molecular complexity index is 716. The van der Waals surface area contributed by atoms with E-state index in [1.54, 1.807) is 16.8 Å². The lowest BCUT2D eigenvalue weighted by Gasteiger charge is -2.06. The van der Waals surface area contributed by atoms with Crippen LogP contribution in [-0.4, -0.2) is 14.8 Å². The van der Waals surface area contributed by atoms with E-state index in [1.807, 2.05) is 36.5 Å². The average molecular weight is 220 g/mol. The van der Waals surface area contributed by atoms with Crippen LogP contribution in [0.15, 0.2) is 48.8 Å². The second kappa shape index (κ2) is 3.72. The van der Waals surface area contributed by atoms with Crippen molar-refractivity contribution < 1.29 is 0 Å². The number of hydrogen-bond donors (Lipinski definition) is 0. The quantitative estimate of drug-likeness (QED) is 0.632. The zero-order valence-corrected chi connectivity index (χ0v) is 8.91. The van der Waals surface area contributed by atoms with Gasteiger partial charge in [0.2, 0.25) is 0 Å². The van der Waals surface area contributed by atoms with Crippen LogP contribution in [0.1, 0.15) is 5.69 Å². The Hall–Kier alpha value is -2.67. The summed E-state index contributed by atoms with van der Waals surface area (Å²) in [7, 11) is 0. The van der Waals surface area contributed by atoms with Crippen molar-refractivity contribution in [3.63, 3.8) is 0 Å². The van der Waals surface area contributed by atoms with Crippen molar-refractivity contribution in [1.29, 1.82) is 5.26 Å². The summed E-state index contributed by atoms with van der Waals surface area (Å²) in [4.78, 5) is 0. The number of fused-ring (bicyclic) bond motifs is 1. The first-order valence-electron chi connectivity index (χ1n) is 5.18. The fraction of sp³-hybridized carbons (Fsp3) is 0. The molecule has 4 nitrogen and oxygen atoms in total. The van der Waals surface area contributed by atoms with Crippen molar-refractivity contribution in [2.75, 3.05) is 0 Å². The molecule has 3 aromatic rings. The molecule has 0 aliphatic carbocycles. The predicted molar refractivity (Wildman–Crippen MR) is 63.6 cm³/mol. The molecular formula is C13H8N4. The first kappa shape index (κ1) is 9.55. The lowest BCUT2D eigenvalue weighted by atomic mass is 10.2. The van der Waals surface area contributed by atoms with E-state index in [1.165, 1.54) is 0 Å². The Morgan fingerprint density at radius 2 is 2.00 bits per heavy atom. The van der Waals surface area contributed by atoms with Crippen LogP contribution >= 0.6 is 0 Å². The maximum absolute atomic E-state index is 9.02. The third kappa shape index (κ3) is 1.45. The fourth-order valence-electron chi connectivity index (χ4n) is 1.85. The molecule has 0 saturated heterocycles. The molecule has 80 valence electrons. The van der Waals surface area contributed by atoms with Gasteiger partial charge in [-0.05, 0) is 12.1 Å². The molecule has 1 aromatic carbocycles. The van der Waals surface area contributed by atoms with Gasteiger partial charge in [-0.1, -0.05) is 24.3 Å². The van der Waals surface area contributed by atoms with Gasteiger partial charge >= 0.3 is 0 Å². The van der Waals surface area contributed by atoms with Gasteiger partial charge in [0.25, 0.3) is 0 Å². The molecule has 0 bridgehead atoms. The Morgan fingerprint density at radius 1 is 1.12 bits per heavy atom. The molecule has 4 heteroatoms. The van der Waals surface area contributed by atoms with Gasteiger partial charge < -0.3 is 0 Å². The van der Waals surface area contributed by atoms with E-state index in [4.69, 9.17) is 5.26 Å². The average Bonchev–Trinajstić information content (AvgIpc) is 2.86. The molecule has 2 heterocycles.